The fraction of sp³-hybridized carbons (Fsp3) is 0.667. The molecule has 1 nitrogen and oxygen atoms in total. The molecule has 0 aromatic rings. The molecule has 0 aliphatic carbocycles. The second-order valence-electron chi connectivity index (χ2n) is 1.16. The number of alkyl halides is 1. The van der Waals surface area contributed by atoms with Gasteiger partial charge in [-0.25, -0.2) is 0 Å². The van der Waals surface area contributed by atoms with Crippen LogP contribution in [0, 0.1) is 11.8 Å². The fourth-order valence-corrected chi connectivity index (χ4v) is 0.343. The lowest BCUT2D eigenvalue weighted by Gasteiger charge is -1.85. The van der Waals surface area contributed by atoms with Crippen LogP contribution in [0.1, 0.15) is 13.3 Å². The summed E-state index contributed by atoms with van der Waals surface area (Å²) in [5.41, 5.74) is 0. The molecule has 0 spiro atoms. The molecule has 2 heteroatoms. The van der Waals surface area contributed by atoms with Crippen molar-refractivity contribution < 1.29 is 4.74 Å². The molecule has 0 unspecified atom stereocenters. The van der Waals surface area contributed by atoms with Gasteiger partial charge in [-0.05, 0) is 0 Å². The lowest BCUT2D eigenvalue weighted by Crippen LogP contribution is -1.85. The van der Waals surface area contributed by atoms with E-state index in [0.717, 1.165) is 6.42 Å². The van der Waals surface area contributed by atoms with E-state index in [1.165, 1.54) is 0 Å². The number of ether oxygens (including phenoxy) is 1. The molecule has 0 bridgehead atoms. The minimum absolute atomic E-state index is 0.235. The summed E-state index contributed by atoms with van der Waals surface area (Å²) in [6, 6.07) is 0.235. The van der Waals surface area contributed by atoms with Gasteiger partial charge in [-0.3, -0.25) is 0 Å². The third-order valence-electron chi connectivity index (χ3n) is 0.553. The third-order valence-corrected chi connectivity index (χ3v) is 0.707. The van der Waals surface area contributed by atoms with Crippen molar-refractivity contribution in [1.29, 1.82) is 0 Å². The SMILES string of the molecule is CCC#CCOCCl. The van der Waals surface area contributed by atoms with Crippen molar-refractivity contribution in [3.8, 4) is 11.8 Å². The minimum Gasteiger partial charge on any atom is -0.353 e. The van der Waals surface area contributed by atoms with E-state index < -0.39 is 0 Å². The van der Waals surface area contributed by atoms with Gasteiger partial charge >= 0.3 is 0 Å². The first-order valence-corrected chi connectivity index (χ1v) is 3.04. The van der Waals surface area contributed by atoms with Gasteiger partial charge in [-0.15, -0.1) is 5.92 Å². The van der Waals surface area contributed by atoms with Crippen LogP contribution in [0.25, 0.3) is 0 Å². The molecule has 0 saturated heterocycles. The zero-order valence-corrected chi connectivity index (χ0v) is 5.66. The van der Waals surface area contributed by atoms with Gasteiger partial charge in [-0.2, -0.15) is 0 Å². The van der Waals surface area contributed by atoms with Crippen molar-refractivity contribution in [2.24, 2.45) is 0 Å². The zero-order chi connectivity index (χ0) is 6.24. The standard InChI is InChI=1S/C6H9ClO/c1-2-3-4-5-8-6-7/h2,5-6H2,1H3. The Labute approximate surface area is 55.0 Å². The molecule has 0 saturated carbocycles. The van der Waals surface area contributed by atoms with Crippen molar-refractivity contribution in [2.75, 3.05) is 12.7 Å². The van der Waals surface area contributed by atoms with E-state index >= 15 is 0 Å². The normalized spacial score (nSPS) is 7.75. The Balaban J connectivity index is 2.90. The van der Waals surface area contributed by atoms with E-state index in [4.69, 9.17) is 16.3 Å². The second kappa shape index (κ2) is 6.81. The van der Waals surface area contributed by atoms with E-state index in [-0.39, 0.29) is 6.07 Å². The van der Waals surface area contributed by atoms with Crippen LogP contribution < -0.4 is 0 Å². The summed E-state index contributed by atoms with van der Waals surface area (Å²) < 4.78 is 4.73. The molecule has 0 rings (SSSR count). The van der Waals surface area contributed by atoms with E-state index in [1.807, 2.05) is 6.92 Å². The van der Waals surface area contributed by atoms with Crippen LogP contribution in [0.3, 0.4) is 0 Å². The van der Waals surface area contributed by atoms with E-state index in [2.05, 4.69) is 11.8 Å². The largest absolute Gasteiger partial charge is 0.353 e. The first-order chi connectivity index (χ1) is 3.91. The highest BCUT2D eigenvalue weighted by Crippen LogP contribution is 1.76. The third kappa shape index (κ3) is 5.81. The van der Waals surface area contributed by atoms with Gasteiger partial charge < -0.3 is 4.74 Å². The Morgan fingerprint density at radius 1 is 1.50 bits per heavy atom. The monoisotopic (exact) mass is 132 g/mol. The maximum absolute atomic E-state index is 5.19. The van der Waals surface area contributed by atoms with Gasteiger partial charge in [0.25, 0.3) is 0 Å². The van der Waals surface area contributed by atoms with Crippen molar-refractivity contribution in [3.05, 3.63) is 0 Å². The van der Waals surface area contributed by atoms with E-state index in [1.54, 1.807) is 0 Å². The molecule has 0 atom stereocenters. The summed E-state index contributed by atoms with van der Waals surface area (Å²) >= 11 is 5.19. The first-order valence-electron chi connectivity index (χ1n) is 2.51. The number of halogens is 1. The highest BCUT2D eigenvalue weighted by molar-refractivity contribution is 6.17. The fourth-order valence-electron chi connectivity index (χ4n) is 0.266. The number of rotatable bonds is 2. The van der Waals surface area contributed by atoms with Crippen LogP contribution in [0.4, 0.5) is 0 Å². The minimum atomic E-state index is 0.235. The molecular formula is C6H9ClO. The molecule has 0 aromatic carbocycles. The molecule has 0 aromatic heterocycles. The van der Waals surface area contributed by atoms with Crippen LogP contribution in [-0.4, -0.2) is 12.7 Å². The summed E-state index contributed by atoms with van der Waals surface area (Å²) in [6.07, 6.45) is 0.881. The van der Waals surface area contributed by atoms with Crippen molar-refractivity contribution >= 4 is 11.6 Å². The predicted molar refractivity (Wildman–Crippen MR) is 34.7 cm³/mol. The van der Waals surface area contributed by atoms with Crippen LogP contribution in [0.5, 0.6) is 0 Å². The maximum atomic E-state index is 5.19. The zero-order valence-electron chi connectivity index (χ0n) is 4.91. The Morgan fingerprint density at radius 2 is 2.25 bits per heavy atom. The first kappa shape index (κ1) is 7.81. The van der Waals surface area contributed by atoms with Crippen LogP contribution in [0.2, 0.25) is 0 Å². The average Bonchev–Trinajstić information content (AvgIpc) is 1.81. The van der Waals surface area contributed by atoms with Gasteiger partial charge in [0.05, 0.1) is 0 Å². The van der Waals surface area contributed by atoms with Crippen LogP contribution >= 0.6 is 11.6 Å². The van der Waals surface area contributed by atoms with Crippen molar-refractivity contribution in [1.82, 2.24) is 0 Å². The Morgan fingerprint density at radius 3 is 2.75 bits per heavy atom. The summed E-state index contributed by atoms with van der Waals surface area (Å²) in [6.45, 7) is 2.45. The number of hydrogen-bond donors (Lipinski definition) is 0. The molecule has 0 N–H and O–H groups in total. The molecule has 0 aliphatic heterocycles. The van der Waals surface area contributed by atoms with Gasteiger partial charge in [-0.1, -0.05) is 24.4 Å². The highest BCUT2D eigenvalue weighted by Gasteiger charge is 1.72. The summed E-state index contributed by atoms with van der Waals surface area (Å²) in [4.78, 5) is 0. The molecular weight excluding hydrogens is 124 g/mol. The molecule has 0 heterocycles. The quantitative estimate of drug-likeness (QED) is 0.315. The second-order valence-corrected chi connectivity index (χ2v) is 1.38. The summed E-state index contributed by atoms with van der Waals surface area (Å²) in [5, 5.41) is 0. The lowest BCUT2D eigenvalue weighted by atomic mass is 10.5. The Kier molecular flexibility index (Phi) is 6.65. The summed E-state index contributed by atoms with van der Waals surface area (Å²) in [5.74, 6) is 5.63. The van der Waals surface area contributed by atoms with Crippen LogP contribution in [-0.2, 0) is 4.74 Å². The van der Waals surface area contributed by atoms with E-state index in [0.29, 0.717) is 6.61 Å². The molecule has 0 amide bonds. The smallest absolute Gasteiger partial charge is 0.122 e. The van der Waals surface area contributed by atoms with E-state index in [9.17, 15) is 0 Å². The predicted octanol–water partition coefficient (Wildman–Crippen LogP) is 1.61. The maximum Gasteiger partial charge on any atom is 0.122 e. The van der Waals surface area contributed by atoms with Gasteiger partial charge in [0.15, 0.2) is 0 Å². The van der Waals surface area contributed by atoms with Crippen molar-refractivity contribution in [3.63, 3.8) is 0 Å². The molecule has 46 valence electrons. The van der Waals surface area contributed by atoms with Gasteiger partial charge in [0.1, 0.15) is 12.7 Å². The van der Waals surface area contributed by atoms with Crippen molar-refractivity contribution in [2.45, 2.75) is 13.3 Å². The Hall–Kier alpha value is -0.190. The topological polar surface area (TPSA) is 9.23 Å². The Bertz CT molecular complexity index is 90.4. The molecule has 0 aliphatic rings. The highest BCUT2D eigenvalue weighted by atomic mass is 35.5. The summed E-state index contributed by atoms with van der Waals surface area (Å²) in [7, 11) is 0. The molecule has 8 heavy (non-hydrogen) atoms. The molecule has 0 radical (unpaired) electrons. The lowest BCUT2D eigenvalue weighted by molar-refractivity contribution is 0.218. The molecule has 0 fully saturated rings. The van der Waals surface area contributed by atoms with Crippen LogP contribution in [0.15, 0.2) is 0 Å². The van der Waals surface area contributed by atoms with Gasteiger partial charge in [0.2, 0.25) is 0 Å². The average molecular weight is 133 g/mol. The number of hydrogen-bond acceptors (Lipinski definition) is 1. The van der Waals surface area contributed by atoms with Gasteiger partial charge in [0, 0.05) is 6.42 Å².